The molecule has 1 aromatic heterocycles. The number of hydrogen-bond donors (Lipinski definition) is 2. The third-order valence-corrected chi connectivity index (χ3v) is 3.23. The lowest BCUT2D eigenvalue weighted by atomic mass is 10.0. The van der Waals surface area contributed by atoms with Crippen LogP contribution in [-0.2, 0) is 4.79 Å². The van der Waals surface area contributed by atoms with E-state index in [4.69, 9.17) is 10.3 Å². The van der Waals surface area contributed by atoms with Crippen molar-refractivity contribution in [1.82, 2.24) is 15.5 Å². The van der Waals surface area contributed by atoms with Crippen LogP contribution in [0, 0.1) is 5.92 Å². The number of benzene rings is 1. The molecular formula is C15H21ClN4O2. The minimum Gasteiger partial charge on any atom is -0.345 e. The smallest absolute Gasteiger partial charge is 0.257 e. The van der Waals surface area contributed by atoms with Crippen LogP contribution in [0.25, 0.3) is 11.5 Å². The van der Waals surface area contributed by atoms with Crippen molar-refractivity contribution in [2.24, 2.45) is 11.7 Å². The zero-order valence-corrected chi connectivity index (χ0v) is 13.6. The lowest BCUT2D eigenvalue weighted by Gasteiger charge is -2.17. The molecule has 0 spiro atoms. The lowest BCUT2D eigenvalue weighted by molar-refractivity contribution is -0.123. The molecule has 0 aliphatic rings. The fourth-order valence-corrected chi connectivity index (χ4v) is 1.79. The van der Waals surface area contributed by atoms with Crippen molar-refractivity contribution in [3.63, 3.8) is 0 Å². The Balaban J connectivity index is 0.00000242. The molecule has 22 heavy (non-hydrogen) atoms. The van der Waals surface area contributed by atoms with Gasteiger partial charge in [-0.2, -0.15) is 4.98 Å². The predicted molar refractivity (Wildman–Crippen MR) is 86.4 cm³/mol. The van der Waals surface area contributed by atoms with Crippen LogP contribution in [0.1, 0.15) is 32.6 Å². The molecule has 0 saturated heterocycles. The molecule has 0 aliphatic heterocycles. The van der Waals surface area contributed by atoms with Gasteiger partial charge in [-0.25, -0.2) is 0 Å². The molecule has 7 heteroatoms. The van der Waals surface area contributed by atoms with Crippen LogP contribution in [-0.4, -0.2) is 22.1 Å². The first kappa shape index (κ1) is 18.1. The topological polar surface area (TPSA) is 94.0 Å². The van der Waals surface area contributed by atoms with Crippen LogP contribution >= 0.6 is 12.4 Å². The second-order valence-electron chi connectivity index (χ2n) is 5.32. The molecule has 1 heterocycles. The number of rotatable bonds is 5. The van der Waals surface area contributed by atoms with Gasteiger partial charge in [0.05, 0.1) is 12.1 Å². The highest BCUT2D eigenvalue weighted by Crippen LogP contribution is 2.18. The fraction of sp³-hybridized carbons (Fsp3) is 0.400. The Bertz CT molecular complexity index is 601. The van der Waals surface area contributed by atoms with Gasteiger partial charge in [0.2, 0.25) is 5.91 Å². The van der Waals surface area contributed by atoms with Crippen LogP contribution in [0.3, 0.4) is 0 Å². The van der Waals surface area contributed by atoms with Crippen LogP contribution in [0.5, 0.6) is 0 Å². The van der Waals surface area contributed by atoms with Gasteiger partial charge in [-0.05, 0) is 25.0 Å². The summed E-state index contributed by atoms with van der Waals surface area (Å²) in [4.78, 5) is 16.2. The first-order chi connectivity index (χ1) is 9.99. The summed E-state index contributed by atoms with van der Waals surface area (Å²) in [5.41, 5.74) is 6.65. The Morgan fingerprint density at radius 1 is 1.23 bits per heavy atom. The number of halogens is 1. The van der Waals surface area contributed by atoms with E-state index in [1.165, 1.54) is 0 Å². The van der Waals surface area contributed by atoms with Gasteiger partial charge in [0.1, 0.15) is 0 Å². The number of aromatic nitrogens is 2. The molecule has 0 radical (unpaired) electrons. The molecule has 2 atom stereocenters. The van der Waals surface area contributed by atoms with Crippen molar-refractivity contribution in [3.8, 4) is 11.5 Å². The first-order valence-electron chi connectivity index (χ1n) is 6.94. The van der Waals surface area contributed by atoms with E-state index in [1.807, 2.05) is 44.2 Å². The summed E-state index contributed by atoms with van der Waals surface area (Å²) < 4.78 is 5.22. The maximum atomic E-state index is 11.9. The number of nitrogens with one attached hydrogen (secondary N) is 1. The average Bonchev–Trinajstić information content (AvgIpc) is 2.97. The zero-order chi connectivity index (χ0) is 15.4. The van der Waals surface area contributed by atoms with Crippen molar-refractivity contribution < 1.29 is 9.32 Å². The molecule has 6 nitrogen and oxygen atoms in total. The van der Waals surface area contributed by atoms with Crippen LogP contribution in [0.2, 0.25) is 0 Å². The average molecular weight is 325 g/mol. The number of nitrogens with zero attached hydrogens (tertiary/aromatic N) is 2. The standard InChI is InChI=1S/C15H20N4O2.ClH/c1-9(2)12(16)14(20)17-10(3)13-18-15(21-19-13)11-7-5-4-6-8-11;/h4-10,12H,16H2,1-3H3,(H,17,20);1H. The van der Waals surface area contributed by atoms with Gasteiger partial charge in [-0.3, -0.25) is 4.79 Å². The molecule has 0 bridgehead atoms. The number of carbonyl (C=O) groups is 1. The SMILES string of the molecule is CC(NC(=O)C(N)C(C)C)c1noc(-c2ccccc2)n1.Cl. The zero-order valence-electron chi connectivity index (χ0n) is 12.8. The minimum atomic E-state index is -0.548. The van der Waals surface area contributed by atoms with Gasteiger partial charge in [-0.1, -0.05) is 37.2 Å². The lowest BCUT2D eigenvalue weighted by Crippen LogP contribution is -2.44. The summed E-state index contributed by atoms with van der Waals surface area (Å²) in [6.45, 7) is 5.60. The van der Waals surface area contributed by atoms with Crippen molar-refractivity contribution in [1.29, 1.82) is 0 Å². The second kappa shape index (κ2) is 7.91. The normalized spacial score (nSPS) is 13.3. The number of hydrogen-bond acceptors (Lipinski definition) is 5. The van der Waals surface area contributed by atoms with E-state index >= 15 is 0 Å². The van der Waals surface area contributed by atoms with E-state index in [0.29, 0.717) is 11.7 Å². The summed E-state index contributed by atoms with van der Waals surface area (Å²) in [7, 11) is 0. The highest BCUT2D eigenvalue weighted by molar-refractivity contribution is 5.85. The van der Waals surface area contributed by atoms with Gasteiger partial charge in [0.25, 0.3) is 5.89 Å². The van der Waals surface area contributed by atoms with Gasteiger partial charge in [0.15, 0.2) is 5.82 Å². The van der Waals surface area contributed by atoms with E-state index in [9.17, 15) is 4.79 Å². The van der Waals surface area contributed by atoms with Crippen LogP contribution < -0.4 is 11.1 Å². The largest absolute Gasteiger partial charge is 0.345 e. The molecule has 1 aromatic carbocycles. The molecule has 0 saturated carbocycles. The highest BCUT2D eigenvalue weighted by Gasteiger charge is 2.22. The minimum absolute atomic E-state index is 0. The third kappa shape index (κ3) is 4.29. The summed E-state index contributed by atoms with van der Waals surface area (Å²) in [5, 5.41) is 6.70. The maximum absolute atomic E-state index is 11.9. The van der Waals surface area contributed by atoms with Gasteiger partial charge < -0.3 is 15.6 Å². The number of nitrogens with two attached hydrogens (primary N) is 1. The van der Waals surface area contributed by atoms with Crippen molar-refractivity contribution in [2.45, 2.75) is 32.9 Å². The molecule has 1 amide bonds. The van der Waals surface area contributed by atoms with E-state index in [2.05, 4.69) is 15.5 Å². The monoisotopic (exact) mass is 324 g/mol. The van der Waals surface area contributed by atoms with Crippen LogP contribution in [0.4, 0.5) is 0 Å². The van der Waals surface area contributed by atoms with Gasteiger partial charge >= 0.3 is 0 Å². The van der Waals surface area contributed by atoms with Crippen molar-refractivity contribution in [2.75, 3.05) is 0 Å². The van der Waals surface area contributed by atoms with E-state index in [0.717, 1.165) is 5.56 Å². The fourth-order valence-electron chi connectivity index (χ4n) is 1.79. The number of amides is 1. The van der Waals surface area contributed by atoms with E-state index < -0.39 is 6.04 Å². The molecule has 3 N–H and O–H groups in total. The van der Waals surface area contributed by atoms with E-state index in [1.54, 1.807) is 6.92 Å². The van der Waals surface area contributed by atoms with E-state index in [-0.39, 0.29) is 30.3 Å². The number of carbonyl (C=O) groups excluding carboxylic acids is 1. The van der Waals surface area contributed by atoms with Gasteiger partial charge in [0, 0.05) is 5.56 Å². The molecule has 2 unspecified atom stereocenters. The Kier molecular flexibility index (Phi) is 6.52. The molecule has 2 aromatic rings. The third-order valence-electron chi connectivity index (χ3n) is 3.23. The Morgan fingerprint density at radius 3 is 2.45 bits per heavy atom. The van der Waals surface area contributed by atoms with Crippen molar-refractivity contribution >= 4 is 18.3 Å². The Morgan fingerprint density at radius 2 is 1.86 bits per heavy atom. The van der Waals surface area contributed by atoms with Gasteiger partial charge in [-0.15, -0.1) is 12.4 Å². The summed E-state index contributed by atoms with van der Waals surface area (Å²) in [6.07, 6.45) is 0. The molecule has 0 fully saturated rings. The molecule has 120 valence electrons. The summed E-state index contributed by atoms with van der Waals surface area (Å²) in [5.74, 6) is 0.712. The summed E-state index contributed by atoms with van der Waals surface area (Å²) in [6, 6.07) is 8.57. The first-order valence-corrected chi connectivity index (χ1v) is 6.94. The van der Waals surface area contributed by atoms with Crippen LogP contribution in [0.15, 0.2) is 34.9 Å². The second-order valence-corrected chi connectivity index (χ2v) is 5.32. The van der Waals surface area contributed by atoms with Crippen molar-refractivity contribution in [3.05, 3.63) is 36.2 Å². The molecule has 0 aliphatic carbocycles. The maximum Gasteiger partial charge on any atom is 0.257 e. The Hall–Kier alpha value is -1.92. The molecular weight excluding hydrogens is 304 g/mol. The Labute approximate surface area is 135 Å². The predicted octanol–water partition coefficient (Wildman–Crippen LogP) is 2.32. The molecule has 2 rings (SSSR count). The quantitative estimate of drug-likeness (QED) is 0.880. The summed E-state index contributed by atoms with van der Waals surface area (Å²) >= 11 is 0. The highest BCUT2D eigenvalue weighted by atomic mass is 35.5.